The van der Waals surface area contributed by atoms with Crippen molar-refractivity contribution < 1.29 is 36.2 Å². The van der Waals surface area contributed by atoms with Crippen molar-refractivity contribution >= 4 is 15.9 Å². The predicted molar refractivity (Wildman–Crippen MR) is 107 cm³/mol. The molecule has 3 rings (SSSR count). The predicted octanol–water partition coefficient (Wildman–Crippen LogP) is 2.14. The van der Waals surface area contributed by atoms with E-state index in [4.69, 9.17) is 14.2 Å². The van der Waals surface area contributed by atoms with Gasteiger partial charge in [-0.15, -0.1) is 0 Å². The van der Waals surface area contributed by atoms with Gasteiger partial charge in [0, 0.05) is 31.7 Å². The van der Waals surface area contributed by atoms with Crippen molar-refractivity contribution in [1.29, 1.82) is 0 Å². The molecule has 1 aliphatic heterocycles. The van der Waals surface area contributed by atoms with E-state index in [0.29, 0.717) is 23.3 Å². The molecule has 0 N–H and O–H groups in total. The third-order valence-corrected chi connectivity index (χ3v) is 6.86. The van der Waals surface area contributed by atoms with Crippen LogP contribution in [0.25, 0.3) is 0 Å². The molecule has 2 aromatic carbocycles. The van der Waals surface area contributed by atoms with Gasteiger partial charge < -0.3 is 19.1 Å². The van der Waals surface area contributed by atoms with Crippen LogP contribution in [-0.2, 0) is 10.0 Å². The molecule has 1 aliphatic rings. The van der Waals surface area contributed by atoms with Crippen LogP contribution in [0.1, 0.15) is 10.4 Å². The maximum atomic E-state index is 14.0. The molecule has 0 radical (unpaired) electrons. The lowest BCUT2D eigenvalue weighted by atomic mass is 10.1. The van der Waals surface area contributed by atoms with Gasteiger partial charge in [-0.3, -0.25) is 4.79 Å². The molecule has 0 aliphatic carbocycles. The second kappa shape index (κ2) is 9.06. The largest absolute Gasteiger partial charge is 0.493 e. The number of halogens is 2. The summed E-state index contributed by atoms with van der Waals surface area (Å²) < 4.78 is 69.6. The van der Waals surface area contributed by atoms with Gasteiger partial charge in [0.15, 0.2) is 11.5 Å². The Hall–Kier alpha value is -2.92. The zero-order chi connectivity index (χ0) is 22.8. The van der Waals surface area contributed by atoms with Crippen molar-refractivity contribution in [2.75, 3.05) is 47.5 Å². The van der Waals surface area contributed by atoms with Gasteiger partial charge in [-0.05, 0) is 30.3 Å². The highest BCUT2D eigenvalue weighted by Gasteiger charge is 2.33. The van der Waals surface area contributed by atoms with Gasteiger partial charge in [-0.2, -0.15) is 4.31 Å². The lowest BCUT2D eigenvalue weighted by Gasteiger charge is -2.34. The van der Waals surface area contributed by atoms with Crippen molar-refractivity contribution in [1.82, 2.24) is 9.21 Å². The molecule has 0 unspecified atom stereocenters. The van der Waals surface area contributed by atoms with Gasteiger partial charge >= 0.3 is 0 Å². The molecular formula is C20H22F2N2O6S. The smallest absolute Gasteiger partial charge is 0.254 e. The summed E-state index contributed by atoms with van der Waals surface area (Å²) in [5, 5.41) is 0. The SMILES string of the molecule is COc1cc(C(=O)N2CCN(S(=O)(=O)c3cc(F)ccc3F)CC2)cc(OC)c1OC. The van der Waals surface area contributed by atoms with E-state index in [9.17, 15) is 22.0 Å². The van der Waals surface area contributed by atoms with Crippen LogP contribution in [0, 0.1) is 11.6 Å². The number of nitrogens with zero attached hydrogens (tertiary/aromatic N) is 2. The normalized spacial score (nSPS) is 14.9. The second-order valence-corrected chi connectivity index (χ2v) is 8.59. The lowest BCUT2D eigenvalue weighted by Crippen LogP contribution is -2.50. The zero-order valence-corrected chi connectivity index (χ0v) is 18.0. The minimum absolute atomic E-state index is 0.0611. The molecule has 2 aromatic rings. The van der Waals surface area contributed by atoms with E-state index in [2.05, 4.69) is 0 Å². The van der Waals surface area contributed by atoms with Gasteiger partial charge in [-0.25, -0.2) is 17.2 Å². The van der Waals surface area contributed by atoms with E-state index in [-0.39, 0.29) is 37.6 Å². The number of benzene rings is 2. The van der Waals surface area contributed by atoms with Crippen LogP contribution in [-0.4, -0.2) is 71.0 Å². The summed E-state index contributed by atoms with van der Waals surface area (Å²) in [6, 6.07) is 5.29. The average molecular weight is 456 g/mol. The Balaban J connectivity index is 1.78. The summed E-state index contributed by atoms with van der Waals surface area (Å²) in [5.74, 6) is -1.27. The quantitative estimate of drug-likeness (QED) is 0.662. The number of methoxy groups -OCH3 is 3. The van der Waals surface area contributed by atoms with Gasteiger partial charge in [0.05, 0.1) is 21.3 Å². The van der Waals surface area contributed by atoms with E-state index in [1.165, 1.54) is 38.4 Å². The molecular weight excluding hydrogens is 434 g/mol. The topological polar surface area (TPSA) is 85.4 Å². The van der Waals surface area contributed by atoms with Crippen LogP contribution >= 0.6 is 0 Å². The number of hydrogen-bond donors (Lipinski definition) is 0. The first-order chi connectivity index (χ1) is 14.7. The maximum absolute atomic E-state index is 14.0. The molecule has 0 bridgehead atoms. The van der Waals surface area contributed by atoms with Crippen molar-refractivity contribution in [3.05, 3.63) is 47.5 Å². The fourth-order valence-electron chi connectivity index (χ4n) is 3.33. The molecule has 0 spiro atoms. The minimum Gasteiger partial charge on any atom is -0.493 e. The van der Waals surface area contributed by atoms with Crippen LogP contribution in [0.15, 0.2) is 35.2 Å². The highest BCUT2D eigenvalue weighted by Crippen LogP contribution is 2.38. The number of amides is 1. The monoisotopic (exact) mass is 456 g/mol. The zero-order valence-electron chi connectivity index (χ0n) is 17.2. The Bertz CT molecular complexity index is 1060. The number of rotatable bonds is 6. The number of carbonyl (C=O) groups excluding carboxylic acids is 1. The number of carbonyl (C=O) groups is 1. The molecule has 0 saturated carbocycles. The van der Waals surface area contributed by atoms with Crippen LogP contribution in [0.4, 0.5) is 8.78 Å². The maximum Gasteiger partial charge on any atom is 0.254 e. The summed E-state index contributed by atoms with van der Waals surface area (Å²) in [6.45, 7) is 0.0280. The molecule has 1 amide bonds. The highest BCUT2D eigenvalue weighted by atomic mass is 32.2. The van der Waals surface area contributed by atoms with E-state index in [1.54, 1.807) is 0 Å². The van der Waals surface area contributed by atoms with E-state index < -0.39 is 26.6 Å². The molecule has 1 fully saturated rings. The van der Waals surface area contributed by atoms with Gasteiger partial charge in [0.25, 0.3) is 5.91 Å². The Labute approximate surface area is 179 Å². The van der Waals surface area contributed by atoms with E-state index in [0.717, 1.165) is 16.4 Å². The fraction of sp³-hybridized carbons (Fsp3) is 0.350. The Morgan fingerprint density at radius 1 is 0.903 bits per heavy atom. The fourth-order valence-corrected chi connectivity index (χ4v) is 4.83. The third kappa shape index (κ3) is 4.42. The van der Waals surface area contributed by atoms with Crippen molar-refractivity contribution in [2.24, 2.45) is 0 Å². The standard InChI is InChI=1S/C20H22F2N2O6S/c1-28-16-10-13(11-17(29-2)19(16)30-3)20(25)23-6-8-24(9-7-23)31(26,27)18-12-14(21)4-5-15(18)22/h4-5,10-12H,6-9H2,1-3H3. The van der Waals surface area contributed by atoms with Gasteiger partial charge in [0.1, 0.15) is 16.5 Å². The molecule has 11 heteroatoms. The molecule has 8 nitrogen and oxygen atoms in total. The molecule has 1 saturated heterocycles. The molecule has 31 heavy (non-hydrogen) atoms. The minimum atomic E-state index is -4.24. The average Bonchev–Trinajstić information content (AvgIpc) is 2.79. The van der Waals surface area contributed by atoms with Gasteiger partial charge in [-0.1, -0.05) is 0 Å². The van der Waals surface area contributed by atoms with Crippen molar-refractivity contribution in [3.63, 3.8) is 0 Å². The summed E-state index contributed by atoms with van der Waals surface area (Å²) in [4.78, 5) is 13.7. The number of ether oxygens (including phenoxy) is 3. The Morgan fingerprint density at radius 2 is 1.48 bits per heavy atom. The number of piperazine rings is 1. The number of sulfonamides is 1. The molecule has 1 heterocycles. The molecule has 0 aromatic heterocycles. The summed E-state index contributed by atoms with van der Waals surface area (Å²) in [7, 11) is 0.0745. The van der Waals surface area contributed by atoms with E-state index >= 15 is 0 Å². The first-order valence-electron chi connectivity index (χ1n) is 9.27. The number of hydrogen-bond acceptors (Lipinski definition) is 6. The molecule has 0 atom stereocenters. The van der Waals surface area contributed by atoms with Crippen LogP contribution in [0.2, 0.25) is 0 Å². The third-order valence-electron chi connectivity index (χ3n) is 4.95. The summed E-state index contributed by atoms with van der Waals surface area (Å²) in [6.07, 6.45) is 0. The lowest BCUT2D eigenvalue weighted by molar-refractivity contribution is 0.0697. The van der Waals surface area contributed by atoms with Crippen LogP contribution in [0.5, 0.6) is 17.2 Å². The first kappa shape index (κ1) is 22.8. The Morgan fingerprint density at radius 3 is 2.00 bits per heavy atom. The Kier molecular flexibility index (Phi) is 6.65. The summed E-state index contributed by atoms with van der Waals surface area (Å²) in [5.41, 5.74) is 0.280. The van der Waals surface area contributed by atoms with E-state index in [1.807, 2.05) is 0 Å². The first-order valence-corrected chi connectivity index (χ1v) is 10.7. The van der Waals surface area contributed by atoms with Crippen LogP contribution in [0.3, 0.4) is 0 Å². The van der Waals surface area contributed by atoms with Gasteiger partial charge in [0.2, 0.25) is 15.8 Å². The highest BCUT2D eigenvalue weighted by molar-refractivity contribution is 7.89. The van der Waals surface area contributed by atoms with Crippen LogP contribution < -0.4 is 14.2 Å². The molecule has 168 valence electrons. The summed E-state index contributed by atoms with van der Waals surface area (Å²) >= 11 is 0. The second-order valence-electron chi connectivity index (χ2n) is 6.69. The van der Waals surface area contributed by atoms with Crippen molar-refractivity contribution in [2.45, 2.75) is 4.90 Å². The van der Waals surface area contributed by atoms with Crippen molar-refractivity contribution in [3.8, 4) is 17.2 Å².